The van der Waals surface area contributed by atoms with Gasteiger partial charge in [-0.2, -0.15) is 5.26 Å². The molecule has 0 radical (unpaired) electrons. The van der Waals surface area contributed by atoms with E-state index in [0.717, 1.165) is 4.88 Å². The molecule has 104 valence electrons. The van der Waals surface area contributed by atoms with Crippen LogP contribution in [-0.2, 0) is 11.2 Å². The zero-order valence-electron chi connectivity index (χ0n) is 11.4. The van der Waals surface area contributed by atoms with Crippen molar-refractivity contribution in [1.82, 2.24) is 5.32 Å². The van der Waals surface area contributed by atoms with Crippen LogP contribution < -0.4 is 11.1 Å². The zero-order chi connectivity index (χ0) is 14.5. The van der Waals surface area contributed by atoms with Gasteiger partial charge >= 0.3 is 6.09 Å². The first-order valence-electron chi connectivity index (χ1n) is 6.01. The molecule has 0 fully saturated rings. The number of carbonyl (C=O) groups excluding carboxylic acids is 1. The summed E-state index contributed by atoms with van der Waals surface area (Å²) in [6.07, 6.45) is 0.161. The number of hydrogen-bond donors (Lipinski definition) is 2. The first-order valence-corrected chi connectivity index (χ1v) is 6.83. The second-order valence-electron chi connectivity index (χ2n) is 5.22. The Kier molecular flexibility index (Phi) is 5.33. The monoisotopic (exact) mass is 281 g/mol. The molecular formula is C13H19N3O2S. The van der Waals surface area contributed by atoms with Gasteiger partial charge in [-0.3, -0.25) is 0 Å². The molecule has 1 amide bonds. The van der Waals surface area contributed by atoms with E-state index in [1.165, 1.54) is 11.3 Å². The molecule has 0 saturated heterocycles. The largest absolute Gasteiger partial charge is 0.444 e. The third-order valence-corrected chi connectivity index (χ3v) is 3.15. The summed E-state index contributed by atoms with van der Waals surface area (Å²) in [5, 5.41) is 11.4. The van der Waals surface area contributed by atoms with Crippen LogP contribution in [-0.4, -0.2) is 24.3 Å². The molecule has 1 aromatic heterocycles. The minimum Gasteiger partial charge on any atom is -0.444 e. The van der Waals surface area contributed by atoms with Crippen LogP contribution in [0.3, 0.4) is 0 Å². The lowest BCUT2D eigenvalue weighted by Gasteiger charge is -2.20. The first-order chi connectivity index (χ1) is 8.80. The number of nitrogens with one attached hydrogen (secondary N) is 1. The fourth-order valence-electron chi connectivity index (χ4n) is 1.41. The van der Waals surface area contributed by atoms with Crippen molar-refractivity contribution in [3.05, 3.63) is 21.9 Å². The van der Waals surface area contributed by atoms with Gasteiger partial charge in [-0.1, -0.05) is 0 Å². The quantitative estimate of drug-likeness (QED) is 0.883. The summed E-state index contributed by atoms with van der Waals surface area (Å²) < 4.78 is 5.11. The lowest BCUT2D eigenvalue weighted by molar-refractivity contribution is 0.0524. The third-order valence-electron chi connectivity index (χ3n) is 2.14. The second-order valence-corrected chi connectivity index (χ2v) is 6.39. The van der Waals surface area contributed by atoms with Crippen LogP contribution in [0.1, 0.15) is 30.5 Å². The van der Waals surface area contributed by atoms with E-state index in [2.05, 4.69) is 11.4 Å². The molecule has 0 aromatic carbocycles. The van der Waals surface area contributed by atoms with E-state index >= 15 is 0 Å². The second kappa shape index (κ2) is 6.55. The Hall–Kier alpha value is -1.58. The minimum absolute atomic E-state index is 0.197. The molecule has 1 heterocycles. The van der Waals surface area contributed by atoms with Gasteiger partial charge in [0, 0.05) is 17.5 Å². The molecule has 19 heavy (non-hydrogen) atoms. The van der Waals surface area contributed by atoms with E-state index in [1.54, 1.807) is 6.07 Å². The standard InChI is InChI=1S/C13H19N3O2S/c1-13(2,3)18-12(17)16-8-9(15)6-10-4-5-11(7-14)19-10/h4-5,9H,6,8,15H2,1-3H3,(H,16,17). The number of nitrogens with two attached hydrogens (primary N) is 1. The van der Waals surface area contributed by atoms with Crippen LogP contribution in [0.2, 0.25) is 0 Å². The molecule has 0 aliphatic rings. The van der Waals surface area contributed by atoms with Gasteiger partial charge in [0.2, 0.25) is 0 Å². The Labute approximate surface area is 117 Å². The minimum atomic E-state index is -0.510. The lowest BCUT2D eigenvalue weighted by Crippen LogP contribution is -2.40. The molecule has 6 heteroatoms. The lowest BCUT2D eigenvalue weighted by atomic mass is 10.2. The van der Waals surface area contributed by atoms with Crippen molar-refractivity contribution in [2.24, 2.45) is 5.73 Å². The van der Waals surface area contributed by atoms with Crippen molar-refractivity contribution < 1.29 is 9.53 Å². The number of hydrogen-bond acceptors (Lipinski definition) is 5. The number of thiophene rings is 1. The molecule has 0 bridgehead atoms. The fourth-order valence-corrected chi connectivity index (χ4v) is 2.30. The topological polar surface area (TPSA) is 88.1 Å². The Morgan fingerprint density at radius 1 is 1.58 bits per heavy atom. The number of rotatable bonds is 4. The van der Waals surface area contributed by atoms with Crippen LogP contribution in [0.5, 0.6) is 0 Å². The van der Waals surface area contributed by atoms with Crippen LogP contribution in [0.4, 0.5) is 4.79 Å². The van der Waals surface area contributed by atoms with Gasteiger partial charge in [0.15, 0.2) is 0 Å². The average Bonchev–Trinajstić information content (AvgIpc) is 2.72. The van der Waals surface area contributed by atoms with Gasteiger partial charge in [-0.25, -0.2) is 4.79 Å². The number of ether oxygens (including phenoxy) is 1. The molecule has 0 aliphatic carbocycles. The summed E-state index contributed by atoms with van der Waals surface area (Å²) in [6.45, 7) is 5.76. The molecule has 1 unspecified atom stereocenters. The Bertz CT molecular complexity index is 471. The van der Waals surface area contributed by atoms with Crippen LogP contribution >= 0.6 is 11.3 Å². The van der Waals surface area contributed by atoms with Crippen molar-refractivity contribution in [2.75, 3.05) is 6.54 Å². The molecule has 1 atom stereocenters. The van der Waals surface area contributed by atoms with Gasteiger partial charge in [-0.05, 0) is 39.3 Å². The van der Waals surface area contributed by atoms with Crippen LogP contribution in [0, 0.1) is 11.3 Å². The highest BCUT2D eigenvalue weighted by molar-refractivity contribution is 7.12. The van der Waals surface area contributed by atoms with Crippen LogP contribution in [0.25, 0.3) is 0 Å². The maximum absolute atomic E-state index is 11.4. The molecule has 3 N–H and O–H groups in total. The van der Waals surface area contributed by atoms with Gasteiger partial charge < -0.3 is 15.8 Å². The molecule has 0 saturated carbocycles. The highest BCUT2D eigenvalue weighted by Gasteiger charge is 2.16. The molecule has 0 spiro atoms. The summed E-state index contributed by atoms with van der Waals surface area (Å²) >= 11 is 1.42. The van der Waals surface area contributed by atoms with E-state index < -0.39 is 11.7 Å². The van der Waals surface area contributed by atoms with E-state index in [4.69, 9.17) is 15.7 Å². The molecule has 1 rings (SSSR count). The summed E-state index contributed by atoms with van der Waals surface area (Å²) in [4.78, 5) is 13.1. The molecule has 0 aliphatic heterocycles. The summed E-state index contributed by atoms with van der Waals surface area (Å²) in [5.74, 6) is 0. The third kappa shape index (κ3) is 6.22. The van der Waals surface area contributed by atoms with Gasteiger partial charge in [0.25, 0.3) is 0 Å². The van der Waals surface area contributed by atoms with E-state index in [9.17, 15) is 4.79 Å². The maximum Gasteiger partial charge on any atom is 0.407 e. The predicted molar refractivity (Wildman–Crippen MR) is 75.0 cm³/mol. The number of carbonyl (C=O) groups is 1. The van der Waals surface area contributed by atoms with Gasteiger partial charge in [-0.15, -0.1) is 11.3 Å². The smallest absolute Gasteiger partial charge is 0.407 e. The van der Waals surface area contributed by atoms with Crippen LogP contribution in [0.15, 0.2) is 12.1 Å². The van der Waals surface area contributed by atoms with Crippen molar-refractivity contribution in [1.29, 1.82) is 5.26 Å². The highest BCUT2D eigenvalue weighted by Crippen LogP contribution is 2.16. The Balaban J connectivity index is 2.34. The van der Waals surface area contributed by atoms with E-state index in [1.807, 2.05) is 26.8 Å². The number of alkyl carbamates (subject to hydrolysis) is 1. The van der Waals surface area contributed by atoms with Crippen molar-refractivity contribution in [3.8, 4) is 6.07 Å². The number of nitrogens with zero attached hydrogens (tertiary/aromatic N) is 1. The predicted octanol–water partition coefficient (Wildman–Crippen LogP) is 2.01. The van der Waals surface area contributed by atoms with E-state index in [-0.39, 0.29) is 6.04 Å². The number of amides is 1. The fraction of sp³-hybridized carbons (Fsp3) is 0.538. The summed E-state index contributed by atoms with van der Waals surface area (Å²) in [7, 11) is 0. The molecule has 5 nitrogen and oxygen atoms in total. The zero-order valence-corrected chi connectivity index (χ0v) is 12.2. The normalized spacial score (nSPS) is 12.6. The van der Waals surface area contributed by atoms with Crippen molar-refractivity contribution >= 4 is 17.4 Å². The summed E-state index contributed by atoms with van der Waals surface area (Å²) in [5.41, 5.74) is 5.41. The average molecular weight is 281 g/mol. The first kappa shape index (κ1) is 15.5. The SMILES string of the molecule is CC(C)(C)OC(=O)NCC(N)Cc1ccc(C#N)s1. The summed E-state index contributed by atoms with van der Waals surface area (Å²) in [6, 6.07) is 5.55. The highest BCUT2D eigenvalue weighted by atomic mass is 32.1. The van der Waals surface area contributed by atoms with Crippen molar-refractivity contribution in [2.45, 2.75) is 38.8 Å². The molecular weight excluding hydrogens is 262 g/mol. The van der Waals surface area contributed by atoms with Gasteiger partial charge in [0.05, 0.1) is 0 Å². The Morgan fingerprint density at radius 2 is 2.26 bits per heavy atom. The molecule has 1 aromatic rings. The van der Waals surface area contributed by atoms with E-state index in [0.29, 0.717) is 17.8 Å². The van der Waals surface area contributed by atoms with Gasteiger partial charge in [0.1, 0.15) is 16.5 Å². The van der Waals surface area contributed by atoms with Crippen molar-refractivity contribution in [3.63, 3.8) is 0 Å². The number of nitriles is 1. The maximum atomic E-state index is 11.4. The Morgan fingerprint density at radius 3 is 2.79 bits per heavy atom.